The molecule has 3 N–H and O–H groups in total. The Morgan fingerprint density at radius 3 is 2.60 bits per heavy atom. The number of nitrogens with two attached hydrogens (primary N) is 1. The van der Waals surface area contributed by atoms with Gasteiger partial charge in [-0.1, -0.05) is 12.1 Å². The van der Waals surface area contributed by atoms with Crippen molar-refractivity contribution in [3.05, 3.63) is 34.4 Å². The van der Waals surface area contributed by atoms with Gasteiger partial charge in [0.1, 0.15) is 11.7 Å². The maximum atomic E-state index is 12.6. The summed E-state index contributed by atoms with van der Waals surface area (Å²) in [7, 11) is 0. The average molecular weight is 367 g/mol. The van der Waals surface area contributed by atoms with Crippen LogP contribution < -0.4 is 10.6 Å². The summed E-state index contributed by atoms with van der Waals surface area (Å²) in [5.74, 6) is -2.41. The number of nitro benzene ring substituents is 1. The average Bonchev–Trinajstić information content (AvgIpc) is 2.79. The number of carboxylic acids is 1. The number of anilines is 1. The minimum atomic E-state index is -1.24. The lowest BCUT2D eigenvalue weighted by molar-refractivity contribution is -0.384. The van der Waals surface area contributed by atoms with E-state index < -0.39 is 38.7 Å². The van der Waals surface area contributed by atoms with Crippen LogP contribution in [0.25, 0.3) is 0 Å². The molecule has 0 aliphatic carbocycles. The molecular formula is C15H17N3O6S. The fourth-order valence-electron chi connectivity index (χ4n) is 2.49. The highest BCUT2D eigenvalue weighted by molar-refractivity contribution is 8.02. The molecule has 1 aromatic rings. The monoisotopic (exact) mass is 367 g/mol. The zero-order chi connectivity index (χ0) is 18.9. The number of amides is 2. The van der Waals surface area contributed by atoms with Crippen LogP contribution in [-0.4, -0.2) is 43.9 Å². The van der Waals surface area contributed by atoms with Crippen molar-refractivity contribution in [2.75, 3.05) is 4.90 Å². The van der Waals surface area contributed by atoms with Crippen molar-refractivity contribution in [1.82, 2.24) is 0 Å². The standard InChI is InChI=1S/C15H17N3O6S/c1-15(2,12(16)14(21)22)25-10-7-11(19)17(13(10)20)8-5-3-4-6-9(8)18(23)24/h3-6,10,12H,7,16H2,1-2H3,(H,21,22)/t10-,12+/m0/s1. The highest BCUT2D eigenvalue weighted by atomic mass is 32.2. The molecule has 1 fully saturated rings. The highest BCUT2D eigenvalue weighted by Gasteiger charge is 2.46. The van der Waals surface area contributed by atoms with Gasteiger partial charge in [0.25, 0.3) is 5.69 Å². The number of carbonyl (C=O) groups excluding carboxylic acids is 2. The summed E-state index contributed by atoms with van der Waals surface area (Å²) >= 11 is 0.983. The predicted molar refractivity (Wildman–Crippen MR) is 91.3 cm³/mol. The third-order valence-corrected chi connectivity index (χ3v) is 5.40. The maximum Gasteiger partial charge on any atom is 0.321 e. The Morgan fingerprint density at radius 1 is 1.44 bits per heavy atom. The Kier molecular flexibility index (Phi) is 5.14. The van der Waals surface area contributed by atoms with Crippen molar-refractivity contribution in [3.8, 4) is 0 Å². The summed E-state index contributed by atoms with van der Waals surface area (Å²) < 4.78 is -1.01. The van der Waals surface area contributed by atoms with E-state index in [1.54, 1.807) is 13.8 Å². The topological polar surface area (TPSA) is 144 Å². The van der Waals surface area contributed by atoms with Crippen LogP contribution in [0.5, 0.6) is 0 Å². The third-order valence-electron chi connectivity index (χ3n) is 3.89. The SMILES string of the molecule is CC(C)(S[C@H]1CC(=O)N(c2ccccc2[N+](=O)[O-])C1=O)[C@H](N)C(=O)O. The number of rotatable bonds is 6. The Labute approximate surface area is 147 Å². The molecule has 25 heavy (non-hydrogen) atoms. The quantitative estimate of drug-likeness (QED) is 0.433. The Balaban J connectivity index is 2.30. The number of carbonyl (C=O) groups is 3. The van der Waals surface area contributed by atoms with Gasteiger partial charge in [-0.3, -0.25) is 24.5 Å². The second kappa shape index (κ2) is 6.81. The summed E-state index contributed by atoms with van der Waals surface area (Å²) in [5, 5.41) is 19.3. The fraction of sp³-hybridized carbons (Fsp3) is 0.400. The molecule has 2 rings (SSSR count). The van der Waals surface area contributed by atoms with Crippen LogP contribution in [0.4, 0.5) is 11.4 Å². The molecule has 0 unspecified atom stereocenters. The molecule has 134 valence electrons. The number of aliphatic carboxylic acids is 1. The lowest BCUT2D eigenvalue weighted by atomic mass is 10.1. The molecule has 1 saturated heterocycles. The largest absolute Gasteiger partial charge is 0.480 e. The summed E-state index contributed by atoms with van der Waals surface area (Å²) in [6.07, 6.45) is -0.175. The van der Waals surface area contributed by atoms with E-state index in [1.165, 1.54) is 24.3 Å². The molecule has 9 nitrogen and oxygen atoms in total. The molecule has 1 aromatic carbocycles. The zero-order valence-electron chi connectivity index (χ0n) is 13.5. The van der Waals surface area contributed by atoms with Gasteiger partial charge < -0.3 is 10.8 Å². The number of nitro groups is 1. The fourth-order valence-corrected chi connectivity index (χ4v) is 3.91. The van der Waals surface area contributed by atoms with Crippen molar-refractivity contribution in [2.45, 2.75) is 36.3 Å². The number of carboxylic acid groups (broad SMARTS) is 1. The first-order valence-corrected chi connectivity index (χ1v) is 8.20. The van der Waals surface area contributed by atoms with Crippen LogP contribution in [0, 0.1) is 10.1 Å². The molecule has 1 aliphatic rings. The number of para-hydroxylation sites is 2. The van der Waals surface area contributed by atoms with Gasteiger partial charge in [0, 0.05) is 17.2 Å². The molecule has 0 aromatic heterocycles. The van der Waals surface area contributed by atoms with Gasteiger partial charge in [-0.15, -0.1) is 11.8 Å². The number of hydrogen-bond donors (Lipinski definition) is 2. The molecule has 0 bridgehead atoms. The van der Waals surface area contributed by atoms with Crippen molar-refractivity contribution >= 4 is 40.9 Å². The first-order chi connectivity index (χ1) is 11.6. The van der Waals surface area contributed by atoms with Crippen molar-refractivity contribution in [1.29, 1.82) is 0 Å². The van der Waals surface area contributed by atoms with Gasteiger partial charge in [-0.25, -0.2) is 4.90 Å². The van der Waals surface area contributed by atoms with Gasteiger partial charge in [0.05, 0.1) is 10.2 Å². The predicted octanol–water partition coefficient (Wildman–Crippen LogP) is 1.15. The van der Waals surface area contributed by atoms with Gasteiger partial charge in [-0.05, 0) is 19.9 Å². The number of imide groups is 1. The first kappa shape index (κ1) is 18.9. The Morgan fingerprint density at radius 2 is 2.04 bits per heavy atom. The maximum absolute atomic E-state index is 12.6. The smallest absolute Gasteiger partial charge is 0.321 e. The summed E-state index contributed by atoms with van der Waals surface area (Å²) in [6, 6.07) is 4.23. The van der Waals surface area contributed by atoms with Crippen LogP contribution in [0.15, 0.2) is 24.3 Å². The van der Waals surface area contributed by atoms with Crippen LogP contribution in [0.2, 0.25) is 0 Å². The van der Waals surface area contributed by atoms with Crippen LogP contribution in [0.1, 0.15) is 20.3 Å². The van der Waals surface area contributed by atoms with Crippen LogP contribution in [-0.2, 0) is 14.4 Å². The molecule has 0 spiro atoms. The summed E-state index contributed by atoms with van der Waals surface area (Å²) in [6.45, 7) is 3.14. The minimum Gasteiger partial charge on any atom is -0.480 e. The molecule has 1 heterocycles. The lowest BCUT2D eigenvalue weighted by Gasteiger charge is -2.30. The minimum absolute atomic E-state index is 0.0917. The van der Waals surface area contributed by atoms with E-state index in [0.29, 0.717) is 0 Å². The van der Waals surface area contributed by atoms with Crippen molar-refractivity contribution < 1.29 is 24.4 Å². The number of benzene rings is 1. The number of hydrogen-bond acceptors (Lipinski definition) is 7. The van der Waals surface area contributed by atoms with E-state index >= 15 is 0 Å². The van der Waals surface area contributed by atoms with E-state index in [1.807, 2.05) is 0 Å². The van der Waals surface area contributed by atoms with Gasteiger partial charge in [-0.2, -0.15) is 0 Å². The first-order valence-electron chi connectivity index (χ1n) is 7.32. The normalized spacial score (nSPS) is 19.2. The van der Waals surface area contributed by atoms with Crippen LogP contribution >= 0.6 is 11.8 Å². The van der Waals surface area contributed by atoms with E-state index in [4.69, 9.17) is 10.8 Å². The summed E-state index contributed by atoms with van der Waals surface area (Å²) in [5.41, 5.74) is 5.20. The van der Waals surface area contributed by atoms with E-state index in [0.717, 1.165) is 16.7 Å². The van der Waals surface area contributed by atoms with Crippen molar-refractivity contribution in [2.24, 2.45) is 5.73 Å². The second-order valence-electron chi connectivity index (χ2n) is 6.04. The van der Waals surface area contributed by atoms with Gasteiger partial charge >= 0.3 is 5.97 Å². The molecule has 10 heteroatoms. The van der Waals surface area contributed by atoms with Gasteiger partial charge in [0.15, 0.2) is 0 Å². The Hall–Kier alpha value is -2.46. The van der Waals surface area contributed by atoms with Gasteiger partial charge in [0.2, 0.25) is 11.8 Å². The lowest BCUT2D eigenvalue weighted by Crippen LogP contribution is -2.48. The number of nitrogens with zero attached hydrogens (tertiary/aromatic N) is 2. The summed E-state index contributed by atoms with van der Waals surface area (Å²) in [4.78, 5) is 47.3. The van der Waals surface area contributed by atoms with E-state index in [-0.39, 0.29) is 17.8 Å². The molecular weight excluding hydrogens is 350 g/mol. The Bertz CT molecular complexity index is 751. The molecule has 2 amide bonds. The molecule has 0 radical (unpaired) electrons. The zero-order valence-corrected chi connectivity index (χ0v) is 14.4. The third kappa shape index (κ3) is 3.64. The van der Waals surface area contributed by atoms with Crippen LogP contribution in [0.3, 0.4) is 0 Å². The van der Waals surface area contributed by atoms with Crippen molar-refractivity contribution in [3.63, 3.8) is 0 Å². The molecule has 1 aliphatic heterocycles. The van der Waals surface area contributed by atoms with E-state index in [2.05, 4.69) is 0 Å². The number of thioether (sulfide) groups is 1. The second-order valence-corrected chi connectivity index (χ2v) is 7.90. The van der Waals surface area contributed by atoms with E-state index in [9.17, 15) is 24.5 Å². The molecule has 0 saturated carbocycles. The molecule has 2 atom stereocenters. The highest BCUT2D eigenvalue weighted by Crippen LogP contribution is 2.40.